The van der Waals surface area contributed by atoms with Gasteiger partial charge in [-0.2, -0.15) is 0 Å². The van der Waals surface area contributed by atoms with Gasteiger partial charge in [0.05, 0.1) is 6.26 Å². The molecular formula is C13H11ClO4. The molecule has 0 bridgehead atoms. The van der Waals surface area contributed by atoms with E-state index in [9.17, 15) is 9.90 Å². The topological polar surface area (TPSA) is 70.7 Å². The lowest BCUT2D eigenvalue weighted by atomic mass is 9.91. The predicted molar refractivity (Wildman–Crippen MR) is 65.8 cm³/mol. The maximum absolute atomic E-state index is 11.0. The van der Waals surface area contributed by atoms with Crippen LogP contribution in [0.5, 0.6) is 0 Å². The lowest BCUT2D eigenvalue weighted by molar-refractivity contribution is 0.0615. The number of carboxylic acid groups (broad SMARTS) is 1. The van der Waals surface area contributed by atoms with Crippen LogP contribution >= 0.6 is 11.6 Å². The highest BCUT2D eigenvalue weighted by Gasteiger charge is 2.35. The number of aliphatic hydroxyl groups is 1. The summed E-state index contributed by atoms with van der Waals surface area (Å²) in [4.78, 5) is 11.0. The minimum Gasteiger partial charge on any atom is -0.478 e. The third-order valence-electron chi connectivity index (χ3n) is 2.74. The second-order valence-corrected chi connectivity index (χ2v) is 4.43. The standard InChI is InChI=1S/C13H11ClO4/c1-13(17,9-4-2-3-5-10(9)14)11-8(12(15)16)6-7-18-11/h2-7,17H,1H3,(H,15,16). The van der Waals surface area contributed by atoms with Crippen molar-refractivity contribution in [2.24, 2.45) is 0 Å². The number of hydrogen-bond acceptors (Lipinski definition) is 3. The third kappa shape index (κ3) is 2.00. The molecule has 18 heavy (non-hydrogen) atoms. The molecule has 0 fully saturated rings. The number of furan rings is 1. The van der Waals surface area contributed by atoms with Crippen molar-refractivity contribution >= 4 is 17.6 Å². The number of carboxylic acids is 1. The van der Waals surface area contributed by atoms with Crippen LogP contribution in [0.25, 0.3) is 0 Å². The molecule has 0 saturated heterocycles. The van der Waals surface area contributed by atoms with Gasteiger partial charge in [0.15, 0.2) is 5.76 Å². The van der Waals surface area contributed by atoms with Crippen molar-refractivity contribution in [1.29, 1.82) is 0 Å². The Bertz CT molecular complexity index is 586. The Morgan fingerprint density at radius 1 is 1.33 bits per heavy atom. The van der Waals surface area contributed by atoms with Gasteiger partial charge in [-0.05, 0) is 19.1 Å². The zero-order valence-electron chi connectivity index (χ0n) is 9.55. The molecule has 1 atom stereocenters. The first-order chi connectivity index (χ1) is 8.44. The molecule has 0 aliphatic heterocycles. The Labute approximate surface area is 108 Å². The van der Waals surface area contributed by atoms with E-state index in [1.165, 1.54) is 19.3 Å². The Morgan fingerprint density at radius 3 is 2.61 bits per heavy atom. The van der Waals surface area contributed by atoms with Gasteiger partial charge in [0.25, 0.3) is 0 Å². The number of aromatic carboxylic acids is 1. The van der Waals surface area contributed by atoms with Crippen LogP contribution < -0.4 is 0 Å². The Balaban J connectivity index is 2.58. The van der Waals surface area contributed by atoms with Gasteiger partial charge < -0.3 is 14.6 Å². The summed E-state index contributed by atoms with van der Waals surface area (Å²) in [6.07, 6.45) is 1.23. The van der Waals surface area contributed by atoms with Crippen LogP contribution in [0.2, 0.25) is 5.02 Å². The Kier molecular flexibility index (Phi) is 3.15. The highest BCUT2D eigenvalue weighted by Crippen LogP contribution is 2.35. The molecule has 4 nitrogen and oxygen atoms in total. The van der Waals surface area contributed by atoms with Gasteiger partial charge in [-0.15, -0.1) is 0 Å². The smallest absolute Gasteiger partial charge is 0.339 e. The van der Waals surface area contributed by atoms with Crippen LogP contribution in [0.4, 0.5) is 0 Å². The molecule has 0 saturated carbocycles. The maximum Gasteiger partial charge on any atom is 0.339 e. The summed E-state index contributed by atoms with van der Waals surface area (Å²) in [6.45, 7) is 1.44. The minimum absolute atomic E-state index is 0.0388. The van der Waals surface area contributed by atoms with Crippen LogP contribution in [-0.4, -0.2) is 16.2 Å². The van der Waals surface area contributed by atoms with Crippen LogP contribution in [-0.2, 0) is 5.60 Å². The van der Waals surface area contributed by atoms with Crippen molar-refractivity contribution in [2.75, 3.05) is 0 Å². The van der Waals surface area contributed by atoms with E-state index in [4.69, 9.17) is 21.1 Å². The fourth-order valence-corrected chi connectivity index (χ4v) is 2.15. The number of halogens is 1. The molecule has 94 valence electrons. The van der Waals surface area contributed by atoms with Crippen LogP contribution in [0.1, 0.15) is 28.6 Å². The fourth-order valence-electron chi connectivity index (χ4n) is 1.83. The van der Waals surface area contributed by atoms with Crippen molar-refractivity contribution in [2.45, 2.75) is 12.5 Å². The summed E-state index contributed by atoms with van der Waals surface area (Å²) in [6, 6.07) is 7.97. The first-order valence-corrected chi connectivity index (χ1v) is 5.61. The van der Waals surface area contributed by atoms with E-state index in [1.54, 1.807) is 24.3 Å². The van der Waals surface area contributed by atoms with Crippen molar-refractivity contribution in [3.8, 4) is 0 Å². The zero-order valence-corrected chi connectivity index (χ0v) is 10.3. The average Bonchev–Trinajstić information content (AvgIpc) is 2.78. The fraction of sp³-hybridized carbons (Fsp3) is 0.154. The summed E-state index contributed by atoms with van der Waals surface area (Å²) >= 11 is 6.01. The van der Waals surface area contributed by atoms with Gasteiger partial charge in [-0.3, -0.25) is 0 Å². The Hall–Kier alpha value is -1.78. The first-order valence-electron chi connectivity index (χ1n) is 5.23. The molecule has 0 radical (unpaired) electrons. The quantitative estimate of drug-likeness (QED) is 0.896. The van der Waals surface area contributed by atoms with E-state index in [-0.39, 0.29) is 11.3 Å². The number of rotatable bonds is 3. The summed E-state index contributed by atoms with van der Waals surface area (Å²) in [5.41, 5.74) is -1.29. The minimum atomic E-state index is -1.60. The number of benzene rings is 1. The molecule has 0 aliphatic carbocycles. The summed E-state index contributed by atoms with van der Waals surface area (Å²) in [5, 5.41) is 19.9. The number of carbonyl (C=O) groups is 1. The van der Waals surface area contributed by atoms with Crippen molar-refractivity contribution < 1.29 is 19.4 Å². The molecule has 1 unspecified atom stereocenters. The largest absolute Gasteiger partial charge is 0.478 e. The molecule has 2 N–H and O–H groups in total. The SMILES string of the molecule is CC(O)(c1ccccc1Cl)c1occc1C(=O)O. The number of hydrogen-bond donors (Lipinski definition) is 2. The van der Waals surface area contributed by atoms with Gasteiger partial charge in [0.2, 0.25) is 0 Å². The second-order valence-electron chi connectivity index (χ2n) is 4.02. The Morgan fingerprint density at radius 2 is 2.00 bits per heavy atom. The lowest BCUT2D eigenvalue weighted by Gasteiger charge is -2.23. The zero-order chi connectivity index (χ0) is 13.3. The average molecular weight is 267 g/mol. The summed E-state index contributed by atoms with van der Waals surface area (Å²) in [7, 11) is 0. The van der Waals surface area contributed by atoms with Crippen LogP contribution in [0.15, 0.2) is 41.0 Å². The molecule has 2 aromatic rings. The predicted octanol–water partition coefficient (Wildman–Crippen LogP) is 2.89. The molecule has 1 aromatic carbocycles. The van der Waals surface area contributed by atoms with Crippen molar-refractivity contribution in [3.05, 3.63) is 58.5 Å². The summed E-state index contributed by atoms with van der Waals surface area (Å²) in [5.74, 6) is -1.20. The third-order valence-corrected chi connectivity index (χ3v) is 3.07. The lowest BCUT2D eigenvalue weighted by Crippen LogP contribution is -2.25. The van der Waals surface area contributed by atoms with E-state index >= 15 is 0 Å². The molecule has 2 rings (SSSR count). The molecule has 1 heterocycles. The molecule has 0 amide bonds. The summed E-state index contributed by atoms with van der Waals surface area (Å²) < 4.78 is 5.11. The molecule has 0 aliphatic rings. The van der Waals surface area contributed by atoms with Crippen LogP contribution in [0, 0.1) is 0 Å². The molecule has 5 heteroatoms. The van der Waals surface area contributed by atoms with Crippen LogP contribution in [0.3, 0.4) is 0 Å². The van der Waals surface area contributed by atoms with Gasteiger partial charge in [-0.1, -0.05) is 29.8 Å². The first kappa shape index (κ1) is 12.7. The molecular weight excluding hydrogens is 256 g/mol. The van der Waals surface area contributed by atoms with E-state index in [1.807, 2.05) is 0 Å². The van der Waals surface area contributed by atoms with E-state index in [0.29, 0.717) is 10.6 Å². The molecule has 1 aromatic heterocycles. The van der Waals surface area contributed by atoms with Gasteiger partial charge in [0, 0.05) is 10.6 Å². The van der Waals surface area contributed by atoms with Gasteiger partial charge in [0.1, 0.15) is 11.2 Å². The monoisotopic (exact) mass is 266 g/mol. The highest BCUT2D eigenvalue weighted by atomic mass is 35.5. The van der Waals surface area contributed by atoms with Crippen molar-refractivity contribution in [1.82, 2.24) is 0 Å². The normalized spacial score (nSPS) is 14.2. The van der Waals surface area contributed by atoms with E-state index in [2.05, 4.69) is 0 Å². The van der Waals surface area contributed by atoms with E-state index < -0.39 is 11.6 Å². The van der Waals surface area contributed by atoms with E-state index in [0.717, 1.165) is 0 Å². The molecule has 0 spiro atoms. The van der Waals surface area contributed by atoms with Crippen molar-refractivity contribution in [3.63, 3.8) is 0 Å². The van der Waals surface area contributed by atoms with Gasteiger partial charge in [-0.25, -0.2) is 4.79 Å². The van der Waals surface area contributed by atoms with Gasteiger partial charge >= 0.3 is 5.97 Å². The second kappa shape index (κ2) is 4.48. The highest BCUT2D eigenvalue weighted by molar-refractivity contribution is 6.31. The maximum atomic E-state index is 11.0.